The first-order chi connectivity index (χ1) is 18.4. The zero-order valence-corrected chi connectivity index (χ0v) is 25.7. The van der Waals surface area contributed by atoms with Crippen molar-refractivity contribution < 1.29 is 30.4 Å². The third kappa shape index (κ3) is 5.76. The number of rotatable bonds is 7. The second kappa shape index (κ2) is 10.5. The molecule has 12 heteroatoms. The summed E-state index contributed by atoms with van der Waals surface area (Å²) in [7, 11) is -12.0. The van der Waals surface area contributed by atoms with E-state index in [0.717, 1.165) is 26.6 Å². The summed E-state index contributed by atoms with van der Waals surface area (Å²) < 4.78 is 82.7. The summed E-state index contributed by atoms with van der Waals surface area (Å²) in [5.41, 5.74) is 4.81. The molecule has 0 unspecified atom stereocenters. The molecule has 0 radical (unpaired) electrons. The molecule has 1 aliphatic rings. The number of hydrogen-bond acceptors (Lipinski definition) is 7. The van der Waals surface area contributed by atoms with Crippen molar-refractivity contribution in [1.29, 1.82) is 0 Å². The average molecular weight is 607 g/mol. The van der Waals surface area contributed by atoms with Gasteiger partial charge in [-0.05, 0) is 111 Å². The number of sulfonamides is 2. The highest BCUT2D eigenvalue weighted by Gasteiger charge is 2.45. The minimum atomic E-state index is -4.33. The van der Waals surface area contributed by atoms with Gasteiger partial charge in [-0.25, -0.2) is 25.3 Å². The Morgan fingerprint density at radius 1 is 0.725 bits per heavy atom. The van der Waals surface area contributed by atoms with Crippen LogP contribution < -0.4 is 9.03 Å². The van der Waals surface area contributed by atoms with Crippen LogP contribution in [0.1, 0.15) is 33.4 Å². The number of hydrogen-bond donors (Lipinski definition) is 2. The van der Waals surface area contributed by atoms with E-state index < -0.39 is 53.5 Å². The summed E-state index contributed by atoms with van der Waals surface area (Å²) in [5, 5.41) is 10.7. The molecule has 3 aromatic carbocycles. The first-order valence-corrected chi connectivity index (χ1v) is 17.4. The molecule has 0 spiro atoms. The maximum atomic E-state index is 14.1. The van der Waals surface area contributed by atoms with Crippen LogP contribution in [-0.2, 0) is 29.9 Å². The largest absolute Gasteiger partial charge is 0.390 e. The van der Waals surface area contributed by atoms with Crippen LogP contribution in [0.4, 0.5) is 11.4 Å². The number of anilines is 2. The molecule has 0 saturated carbocycles. The maximum Gasteiger partial charge on any atom is 0.264 e. The molecule has 1 saturated heterocycles. The van der Waals surface area contributed by atoms with Crippen molar-refractivity contribution in [2.45, 2.75) is 63.5 Å². The van der Waals surface area contributed by atoms with E-state index in [1.165, 1.54) is 30.3 Å². The van der Waals surface area contributed by atoms with Crippen LogP contribution in [0.5, 0.6) is 0 Å². The van der Waals surface area contributed by atoms with Crippen LogP contribution in [0, 0.1) is 41.5 Å². The predicted molar refractivity (Wildman–Crippen MR) is 157 cm³/mol. The van der Waals surface area contributed by atoms with Crippen molar-refractivity contribution in [3.05, 3.63) is 81.9 Å². The van der Waals surface area contributed by atoms with Gasteiger partial charge in [0.2, 0.25) is 0 Å². The standard InChI is InChI=1S/C28H34N2O7S3/c1-17-11-21(5)27(13-19(17)3)39(34,35)29-23-7-9-24(10-8-23)30(25-15-38(32,33)16-26(25)31)40(36,37)28-14-20(4)18(2)12-22(28)6/h7-14,25-26,29,31H,15-16H2,1-6H3/t25-,26-/m1/s1. The Hall–Kier alpha value is -2.93. The summed E-state index contributed by atoms with van der Waals surface area (Å²) in [5.74, 6) is -1.10. The third-order valence-corrected chi connectivity index (χ3v) is 12.6. The molecular formula is C28H34N2O7S3. The molecule has 1 aliphatic heterocycles. The second-order valence-corrected chi connectivity index (χ2v) is 16.2. The highest BCUT2D eigenvalue weighted by atomic mass is 32.2. The van der Waals surface area contributed by atoms with Crippen LogP contribution >= 0.6 is 0 Å². The van der Waals surface area contributed by atoms with Crippen LogP contribution in [0.3, 0.4) is 0 Å². The fraction of sp³-hybridized carbons (Fsp3) is 0.357. The molecule has 0 aliphatic carbocycles. The number of aryl methyl sites for hydroxylation is 6. The van der Waals surface area contributed by atoms with Crippen molar-refractivity contribution in [3.8, 4) is 0 Å². The van der Waals surface area contributed by atoms with Gasteiger partial charge in [0, 0.05) is 5.69 Å². The molecule has 2 N–H and O–H groups in total. The number of benzene rings is 3. The summed E-state index contributed by atoms with van der Waals surface area (Å²) >= 11 is 0. The molecule has 2 atom stereocenters. The van der Waals surface area contributed by atoms with Gasteiger partial charge in [0.05, 0.1) is 39.1 Å². The first-order valence-electron chi connectivity index (χ1n) is 12.6. The molecule has 4 rings (SSSR count). The van der Waals surface area contributed by atoms with Gasteiger partial charge in [-0.3, -0.25) is 9.03 Å². The Balaban J connectivity index is 1.77. The van der Waals surface area contributed by atoms with Gasteiger partial charge < -0.3 is 5.11 Å². The van der Waals surface area contributed by atoms with Gasteiger partial charge in [0.1, 0.15) is 0 Å². The molecule has 0 bridgehead atoms. The molecule has 0 amide bonds. The zero-order valence-electron chi connectivity index (χ0n) is 23.3. The summed E-state index contributed by atoms with van der Waals surface area (Å²) in [6, 6.07) is 11.1. The highest BCUT2D eigenvalue weighted by Crippen LogP contribution is 2.34. The lowest BCUT2D eigenvalue weighted by Gasteiger charge is -2.32. The average Bonchev–Trinajstić information content (AvgIpc) is 3.10. The van der Waals surface area contributed by atoms with Gasteiger partial charge in [-0.1, -0.05) is 12.1 Å². The van der Waals surface area contributed by atoms with Crippen LogP contribution in [0.15, 0.2) is 58.3 Å². The zero-order chi connectivity index (χ0) is 29.8. The van der Waals surface area contributed by atoms with Crippen molar-refractivity contribution in [3.63, 3.8) is 0 Å². The molecular weight excluding hydrogens is 573 g/mol. The van der Waals surface area contributed by atoms with E-state index >= 15 is 0 Å². The van der Waals surface area contributed by atoms with E-state index in [2.05, 4.69) is 4.72 Å². The lowest BCUT2D eigenvalue weighted by Crippen LogP contribution is -2.47. The van der Waals surface area contributed by atoms with Crippen LogP contribution in [0.2, 0.25) is 0 Å². The molecule has 3 aromatic rings. The third-order valence-electron chi connectivity index (χ3n) is 7.38. The van der Waals surface area contributed by atoms with Crippen LogP contribution in [0.25, 0.3) is 0 Å². The van der Waals surface area contributed by atoms with E-state index in [9.17, 15) is 30.4 Å². The van der Waals surface area contributed by atoms with Crippen molar-refractivity contribution in [2.24, 2.45) is 0 Å². The predicted octanol–water partition coefficient (Wildman–Crippen LogP) is 3.69. The fourth-order valence-electron chi connectivity index (χ4n) is 4.97. The Morgan fingerprint density at radius 2 is 1.20 bits per heavy atom. The van der Waals surface area contributed by atoms with Gasteiger partial charge in [-0.2, -0.15) is 0 Å². The van der Waals surface area contributed by atoms with E-state index in [4.69, 9.17) is 0 Å². The van der Waals surface area contributed by atoms with E-state index in [1.807, 2.05) is 20.8 Å². The van der Waals surface area contributed by atoms with E-state index in [1.54, 1.807) is 39.0 Å². The Morgan fingerprint density at radius 3 is 1.70 bits per heavy atom. The Kier molecular flexibility index (Phi) is 7.87. The quantitative estimate of drug-likeness (QED) is 0.418. The van der Waals surface area contributed by atoms with Gasteiger partial charge >= 0.3 is 0 Å². The normalized spacial score (nSPS) is 19.0. The van der Waals surface area contributed by atoms with E-state index in [-0.39, 0.29) is 21.2 Å². The molecule has 40 heavy (non-hydrogen) atoms. The molecule has 0 aromatic heterocycles. The Bertz CT molecular complexity index is 1800. The summed E-state index contributed by atoms with van der Waals surface area (Å²) in [4.78, 5) is 0.135. The minimum absolute atomic E-state index is 0.00194. The lowest BCUT2D eigenvalue weighted by molar-refractivity contribution is 0.184. The van der Waals surface area contributed by atoms with Gasteiger partial charge in [-0.15, -0.1) is 0 Å². The van der Waals surface area contributed by atoms with Crippen molar-refractivity contribution >= 4 is 41.3 Å². The molecule has 1 fully saturated rings. The number of aliphatic hydroxyl groups excluding tert-OH is 1. The SMILES string of the molecule is Cc1cc(C)c(S(=O)(=O)Nc2ccc(N([C@@H]3CS(=O)(=O)C[C@H]3O)S(=O)(=O)c3cc(C)c(C)cc3C)cc2)cc1C. The molecule has 1 heterocycles. The number of aliphatic hydroxyl groups is 1. The lowest BCUT2D eigenvalue weighted by atomic mass is 10.1. The molecule has 9 nitrogen and oxygen atoms in total. The van der Waals surface area contributed by atoms with Crippen molar-refractivity contribution in [1.82, 2.24) is 0 Å². The number of nitrogens with one attached hydrogen (secondary N) is 1. The van der Waals surface area contributed by atoms with Gasteiger partial charge in [0.15, 0.2) is 9.84 Å². The smallest absolute Gasteiger partial charge is 0.264 e. The fourth-order valence-corrected chi connectivity index (χ4v) is 10.2. The Labute approximate surface area is 236 Å². The number of sulfone groups is 1. The highest BCUT2D eigenvalue weighted by molar-refractivity contribution is 7.93. The monoisotopic (exact) mass is 606 g/mol. The minimum Gasteiger partial charge on any atom is -0.390 e. The van der Waals surface area contributed by atoms with Crippen molar-refractivity contribution in [2.75, 3.05) is 20.5 Å². The van der Waals surface area contributed by atoms with Crippen LogP contribution in [-0.4, -0.2) is 54.0 Å². The second-order valence-electron chi connectivity index (χ2n) is 10.6. The summed E-state index contributed by atoms with van der Waals surface area (Å²) in [6.07, 6.45) is -1.43. The number of nitrogens with zero attached hydrogens (tertiary/aromatic N) is 1. The van der Waals surface area contributed by atoms with Gasteiger partial charge in [0.25, 0.3) is 20.0 Å². The topological polar surface area (TPSA) is 138 Å². The van der Waals surface area contributed by atoms with E-state index in [0.29, 0.717) is 11.1 Å². The molecule has 216 valence electrons. The maximum absolute atomic E-state index is 14.1. The summed E-state index contributed by atoms with van der Waals surface area (Å²) in [6.45, 7) is 10.7. The first kappa shape index (κ1) is 30.0.